The fourth-order valence-corrected chi connectivity index (χ4v) is 4.02. The van der Waals surface area contributed by atoms with Gasteiger partial charge in [-0.2, -0.15) is 26.3 Å². The Morgan fingerprint density at radius 2 is 1.64 bits per heavy atom. The number of carbonyl (C=O) groups excluding carboxylic acids is 2. The van der Waals surface area contributed by atoms with Crippen LogP contribution in [-0.4, -0.2) is 27.8 Å². The number of halogens is 6. The quantitative estimate of drug-likeness (QED) is 0.260. The maximum atomic E-state index is 13.0. The highest BCUT2D eigenvalue weighted by molar-refractivity contribution is 8.01. The smallest absolute Gasteiger partial charge is 0.325 e. The van der Waals surface area contributed by atoms with Crippen molar-refractivity contribution in [2.75, 3.05) is 16.4 Å². The summed E-state index contributed by atoms with van der Waals surface area (Å²) < 4.78 is 77.6. The molecule has 14 heteroatoms. The van der Waals surface area contributed by atoms with Crippen LogP contribution in [0.3, 0.4) is 0 Å². The monoisotopic (exact) mass is 506 g/mol. The van der Waals surface area contributed by atoms with Gasteiger partial charge in [-0.1, -0.05) is 41.3 Å². The molecule has 0 unspecified atom stereocenters. The van der Waals surface area contributed by atoms with Gasteiger partial charge in [0.25, 0.3) is 5.91 Å². The minimum absolute atomic E-state index is 0.0252. The molecule has 3 rings (SSSR count). The van der Waals surface area contributed by atoms with Crippen LogP contribution in [0.15, 0.2) is 52.9 Å². The summed E-state index contributed by atoms with van der Waals surface area (Å²) in [6.45, 7) is 0. The topological polar surface area (TPSA) is 84.0 Å². The first kappa shape index (κ1) is 24.5. The second-order valence-corrected chi connectivity index (χ2v) is 8.49. The number of anilines is 2. The summed E-state index contributed by atoms with van der Waals surface area (Å²) in [6, 6.07) is 8.32. The van der Waals surface area contributed by atoms with E-state index < -0.39 is 35.3 Å². The van der Waals surface area contributed by atoms with E-state index in [0.29, 0.717) is 6.07 Å². The molecule has 0 spiro atoms. The number of benzene rings is 2. The number of amides is 2. The molecule has 2 aromatic carbocycles. The Morgan fingerprint density at radius 3 is 2.33 bits per heavy atom. The molecule has 0 saturated heterocycles. The highest BCUT2D eigenvalue weighted by Gasteiger charge is 2.33. The normalized spacial score (nSPS) is 11.8. The number of thioether (sulfide) groups is 1. The van der Waals surface area contributed by atoms with Crippen LogP contribution in [0, 0.1) is 0 Å². The van der Waals surface area contributed by atoms with Crippen molar-refractivity contribution < 1.29 is 35.9 Å². The van der Waals surface area contributed by atoms with Gasteiger partial charge < -0.3 is 5.32 Å². The van der Waals surface area contributed by atoms with Crippen molar-refractivity contribution in [2.24, 2.45) is 0 Å². The molecule has 2 N–H and O–H groups in total. The molecule has 0 atom stereocenters. The molecule has 174 valence electrons. The highest BCUT2D eigenvalue weighted by Crippen LogP contribution is 2.35. The molecular formula is C19H12F6N4O2S2. The molecular weight excluding hydrogens is 494 g/mol. The lowest BCUT2D eigenvalue weighted by Gasteiger charge is -2.13. The van der Waals surface area contributed by atoms with Gasteiger partial charge in [-0.25, -0.2) is 0 Å². The molecule has 1 heterocycles. The molecule has 33 heavy (non-hydrogen) atoms. The van der Waals surface area contributed by atoms with Gasteiger partial charge in [0.05, 0.1) is 22.6 Å². The zero-order valence-electron chi connectivity index (χ0n) is 16.1. The lowest BCUT2D eigenvalue weighted by Crippen LogP contribution is -2.18. The first-order chi connectivity index (χ1) is 15.4. The maximum absolute atomic E-state index is 13.0. The van der Waals surface area contributed by atoms with Gasteiger partial charge in [0.2, 0.25) is 11.0 Å². The van der Waals surface area contributed by atoms with E-state index in [1.54, 1.807) is 0 Å². The zero-order chi connectivity index (χ0) is 24.2. The van der Waals surface area contributed by atoms with Crippen molar-refractivity contribution in [1.29, 1.82) is 0 Å². The number of hydrogen-bond acceptors (Lipinski definition) is 6. The number of hydrogen-bond donors (Lipinski definition) is 2. The summed E-state index contributed by atoms with van der Waals surface area (Å²) in [5.74, 6) is -1.85. The molecule has 1 aromatic heterocycles. The lowest BCUT2D eigenvalue weighted by molar-refractivity contribution is -0.138. The first-order valence-electron chi connectivity index (χ1n) is 8.84. The number of nitrogens with one attached hydrogen (secondary N) is 2. The van der Waals surface area contributed by atoms with Crippen LogP contribution in [0.4, 0.5) is 37.2 Å². The number of aromatic nitrogens is 2. The lowest BCUT2D eigenvalue weighted by atomic mass is 10.1. The Kier molecular flexibility index (Phi) is 7.27. The van der Waals surface area contributed by atoms with E-state index >= 15 is 0 Å². The minimum Gasteiger partial charge on any atom is -0.325 e. The third-order valence-electron chi connectivity index (χ3n) is 3.91. The van der Waals surface area contributed by atoms with Crippen LogP contribution in [0.25, 0.3) is 0 Å². The van der Waals surface area contributed by atoms with Crippen LogP contribution in [0.1, 0.15) is 21.5 Å². The minimum atomic E-state index is -4.64. The third-order valence-corrected chi connectivity index (χ3v) is 5.88. The van der Waals surface area contributed by atoms with E-state index in [4.69, 9.17) is 0 Å². The Bertz CT molecular complexity index is 1160. The summed E-state index contributed by atoms with van der Waals surface area (Å²) in [7, 11) is 0. The van der Waals surface area contributed by atoms with E-state index in [-0.39, 0.29) is 26.5 Å². The molecule has 3 aromatic rings. The van der Waals surface area contributed by atoms with E-state index in [2.05, 4.69) is 20.8 Å². The van der Waals surface area contributed by atoms with E-state index in [9.17, 15) is 35.9 Å². The van der Waals surface area contributed by atoms with Crippen LogP contribution in [0.5, 0.6) is 0 Å². The van der Waals surface area contributed by atoms with Gasteiger partial charge in [-0.05, 0) is 30.3 Å². The predicted molar refractivity (Wildman–Crippen MR) is 110 cm³/mol. The number of carbonyl (C=O) groups is 2. The molecule has 0 aliphatic rings. The first-order valence-corrected chi connectivity index (χ1v) is 10.6. The standard InChI is InChI=1S/C19H12F6N4O2S2/c20-18(21,22)11-5-3-4-10(8-11)15(31)27-16-28-29-17(33-16)32-9-14(30)26-13-7-2-1-6-12(13)19(23,24)25/h1-8H,9H2,(H,26,30)(H,27,28,31). The van der Waals surface area contributed by atoms with Crippen LogP contribution in [0.2, 0.25) is 0 Å². The summed E-state index contributed by atoms with van der Waals surface area (Å²) >= 11 is 1.71. The fourth-order valence-electron chi connectivity index (χ4n) is 2.48. The molecule has 0 saturated carbocycles. The average molecular weight is 506 g/mol. The third kappa shape index (κ3) is 6.68. The van der Waals surface area contributed by atoms with E-state index in [1.807, 2.05) is 0 Å². The predicted octanol–water partition coefficient (Wildman–Crippen LogP) is 5.56. The number of nitrogens with zero attached hydrogens (tertiary/aromatic N) is 2. The molecule has 0 fully saturated rings. The van der Waals surface area contributed by atoms with Gasteiger partial charge >= 0.3 is 12.4 Å². The Hall–Kier alpha value is -3.13. The largest absolute Gasteiger partial charge is 0.418 e. The van der Waals surface area contributed by atoms with Gasteiger partial charge in [-0.3, -0.25) is 14.9 Å². The second kappa shape index (κ2) is 9.79. The molecule has 0 aliphatic heterocycles. The zero-order valence-corrected chi connectivity index (χ0v) is 17.8. The summed E-state index contributed by atoms with van der Waals surface area (Å²) in [6.07, 6.45) is -9.24. The second-order valence-electron chi connectivity index (χ2n) is 6.29. The van der Waals surface area contributed by atoms with Gasteiger partial charge in [-0.15, -0.1) is 10.2 Å². The van der Waals surface area contributed by atoms with Crippen molar-refractivity contribution in [2.45, 2.75) is 16.7 Å². The summed E-state index contributed by atoms with van der Waals surface area (Å²) in [5.41, 5.74) is -2.60. The van der Waals surface area contributed by atoms with Crippen molar-refractivity contribution in [3.63, 3.8) is 0 Å². The maximum Gasteiger partial charge on any atom is 0.418 e. The number of alkyl halides is 6. The average Bonchev–Trinajstić information content (AvgIpc) is 3.18. The SMILES string of the molecule is O=C(CSc1nnc(NC(=O)c2cccc(C(F)(F)F)c2)s1)Nc1ccccc1C(F)(F)F. The van der Waals surface area contributed by atoms with Crippen molar-refractivity contribution in [3.05, 3.63) is 65.2 Å². The van der Waals surface area contributed by atoms with E-state index in [1.165, 1.54) is 18.2 Å². The van der Waals surface area contributed by atoms with Crippen LogP contribution >= 0.6 is 23.1 Å². The Balaban J connectivity index is 1.57. The molecule has 6 nitrogen and oxygen atoms in total. The van der Waals surface area contributed by atoms with Crippen molar-refractivity contribution in [3.8, 4) is 0 Å². The molecule has 2 amide bonds. The van der Waals surface area contributed by atoms with Gasteiger partial charge in [0.15, 0.2) is 4.34 Å². The van der Waals surface area contributed by atoms with Crippen LogP contribution in [-0.2, 0) is 17.1 Å². The highest BCUT2D eigenvalue weighted by atomic mass is 32.2. The van der Waals surface area contributed by atoms with E-state index in [0.717, 1.165) is 47.4 Å². The molecule has 0 bridgehead atoms. The Labute approximate surface area is 190 Å². The van der Waals surface area contributed by atoms with Crippen molar-refractivity contribution >= 4 is 45.7 Å². The fraction of sp³-hybridized carbons (Fsp3) is 0.158. The van der Waals surface area contributed by atoms with Crippen LogP contribution < -0.4 is 10.6 Å². The van der Waals surface area contributed by atoms with Crippen molar-refractivity contribution in [1.82, 2.24) is 10.2 Å². The molecule has 0 radical (unpaired) electrons. The number of para-hydroxylation sites is 1. The van der Waals surface area contributed by atoms with Gasteiger partial charge in [0.1, 0.15) is 0 Å². The summed E-state index contributed by atoms with van der Waals surface area (Å²) in [4.78, 5) is 24.2. The van der Waals surface area contributed by atoms with Gasteiger partial charge in [0, 0.05) is 5.56 Å². The number of rotatable bonds is 6. The summed E-state index contributed by atoms with van der Waals surface area (Å²) in [5, 5.41) is 11.9. The molecule has 0 aliphatic carbocycles. The Morgan fingerprint density at radius 1 is 0.909 bits per heavy atom.